The Hall–Kier alpha value is -2.64. The lowest BCUT2D eigenvalue weighted by molar-refractivity contribution is 0.0598. The van der Waals surface area contributed by atoms with Crippen molar-refractivity contribution in [2.24, 2.45) is 0 Å². The van der Waals surface area contributed by atoms with E-state index in [1.165, 1.54) is 36.6 Å². The number of hydrogen-bond donors (Lipinski definition) is 2. The minimum Gasteiger partial charge on any atom is -0.478 e. The number of aryl methyl sites for hydroxylation is 1. The number of anilines is 1. The summed E-state index contributed by atoms with van der Waals surface area (Å²) in [4.78, 5) is 36.8. The summed E-state index contributed by atoms with van der Waals surface area (Å²) in [5, 5.41) is 12.1. The number of amides is 1. The summed E-state index contributed by atoms with van der Waals surface area (Å²) in [7, 11) is 1.21. The van der Waals surface area contributed by atoms with E-state index in [0.717, 1.165) is 10.4 Å². The molecule has 1 amide bonds. The Kier molecular flexibility index (Phi) is 12.4. The zero-order valence-electron chi connectivity index (χ0n) is 18.3. The molecule has 0 aliphatic carbocycles. The Morgan fingerprint density at radius 2 is 1.77 bits per heavy atom. The molecular formula is C22H28ClNO5S. The molecule has 0 spiro atoms. The molecule has 0 saturated carbocycles. The highest BCUT2D eigenvalue weighted by Crippen LogP contribution is 2.34. The van der Waals surface area contributed by atoms with Gasteiger partial charge in [0.1, 0.15) is 4.88 Å². The van der Waals surface area contributed by atoms with Crippen molar-refractivity contribution in [2.75, 3.05) is 12.4 Å². The average Bonchev–Trinajstić information content (AvgIpc) is 3.04. The maximum Gasteiger partial charge on any atom is 0.337 e. The number of esters is 1. The predicted molar refractivity (Wildman–Crippen MR) is 124 cm³/mol. The Morgan fingerprint density at radius 3 is 2.27 bits per heavy atom. The van der Waals surface area contributed by atoms with Gasteiger partial charge in [-0.25, -0.2) is 9.59 Å². The molecule has 0 aliphatic heterocycles. The van der Waals surface area contributed by atoms with Crippen molar-refractivity contribution in [1.82, 2.24) is 0 Å². The van der Waals surface area contributed by atoms with Crippen LogP contribution in [-0.4, -0.2) is 30.1 Å². The van der Waals surface area contributed by atoms with E-state index in [4.69, 9.17) is 11.6 Å². The number of carboxylic acids is 1. The molecule has 1 heterocycles. The van der Waals surface area contributed by atoms with Gasteiger partial charge >= 0.3 is 11.9 Å². The Morgan fingerprint density at radius 1 is 1.17 bits per heavy atom. The molecule has 1 aromatic heterocycles. The number of nitrogens with one attached hydrogen (secondary N) is 1. The molecule has 2 aromatic rings. The van der Waals surface area contributed by atoms with Crippen molar-refractivity contribution in [1.29, 1.82) is 0 Å². The smallest absolute Gasteiger partial charge is 0.337 e. The van der Waals surface area contributed by atoms with Gasteiger partial charge in [-0.05, 0) is 32.0 Å². The van der Waals surface area contributed by atoms with Crippen molar-refractivity contribution in [3.8, 4) is 0 Å². The Balaban J connectivity index is 0.00000198. The summed E-state index contributed by atoms with van der Waals surface area (Å²) in [5.41, 5.74) is 0.700. The van der Waals surface area contributed by atoms with Gasteiger partial charge in [0, 0.05) is 10.4 Å². The van der Waals surface area contributed by atoms with Crippen molar-refractivity contribution in [3.05, 3.63) is 55.7 Å². The van der Waals surface area contributed by atoms with Crippen molar-refractivity contribution >= 4 is 52.5 Å². The number of halogens is 1. The third kappa shape index (κ3) is 6.71. The van der Waals surface area contributed by atoms with Crippen LogP contribution in [0.1, 0.15) is 75.4 Å². The third-order valence-electron chi connectivity index (χ3n) is 3.53. The van der Waals surface area contributed by atoms with Gasteiger partial charge in [0.2, 0.25) is 0 Å². The number of allylic oxidation sites excluding steroid dienone is 1. The summed E-state index contributed by atoms with van der Waals surface area (Å²) in [6.07, 6.45) is 3.61. The van der Waals surface area contributed by atoms with Crippen LogP contribution in [0.2, 0.25) is 5.02 Å². The molecule has 6 nitrogen and oxygen atoms in total. The van der Waals surface area contributed by atoms with Gasteiger partial charge < -0.3 is 15.2 Å². The maximum atomic E-state index is 12.6. The fraction of sp³-hybridized carbons (Fsp3) is 0.318. The maximum absolute atomic E-state index is 12.6. The van der Waals surface area contributed by atoms with E-state index in [0.29, 0.717) is 5.02 Å². The van der Waals surface area contributed by atoms with Crippen LogP contribution in [0, 0.1) is 6.92 Å². The zero-order chi connectivity index (χ0) is 23.4. The lowest BCUT2D eigenvalue weighted by Gasteiger charge is -2.10. The van der Waals surface area contributed by atoms with E-state index in [-0.39, 0.29) is 21.7 Å². The molecule has 164 valence electrons. The summed E-state index contributed by atoms with van der Waals surface area (Å²) in [6.45, 7) is 11.7. The number of rotatable bonds is 5. The average molecular weight is 454 g/mol. The minimum absolute atomic E-state index is 0.0138. The molecule has 0 bridgehead atoms. The third-order valence-corrected chi connectivity index (χ3v) is 5.15. The number of benzene rings is 1. The van der Waals surface area contributed by atoms with Crippen LogP contribution in [0.3, 0.4) is 0 Å². The number of carbonyl (C=O) groups excluding carboxylic acids is 2. The molecule has 2 N–H and O–H groups in total. The van der Waals surface area contributed by atoms with Gasteiger partial charge in [-0.1, -0.05) is 51.4 Å². The highest BCUT2D eigenvalue weighted by atomic mass is 35.5. The lowest BCUT2D eigenvalue weighted by atomic mass is 10.1. The van der Waals surface area contributed by atoms with Crippen LogP contribution < -0.4 is 5.32 Å². The largest absolute Gasteiger partial charge is 0.478 e. The monoisotopic (exact) mass is 453 g/mol. The molecule has 1 aromatic carbocycles. The predicted octanol–water partition coefficient (Wildman–Crippen LogP) is 6.53. The number of aromatic carboxylic acids is 1. The molecular weight excluding hydrogens is 426 g/mol. The number of carbonyl (C=O) groups is 3. The minimum atomic E-state index is -1.24. The van der Waals surface area contributed by atoms with Crippen LogP contribution in [0.4, 0.5) is 5.69 Å². The zero-order valence-corrected chi connectivity index (χ0v) is 19.8. The molecule has 30 heavy (non-hydrogen) atoms. The number of ether oxygens (including phenoxy) is 1. The van der Waals surface area contributed by atoms with E-state index in [1.807, 2.05) is 47.6 Å². The van der Waals surface area contributed by atoms with E-state index < -0.39 is 17.8 Å². The van der Waals surface area contributed by atoms with E-state index >= 15 is 0 Å². The summed E-state index contributed by atoms with van der Waals surface area (Å²) >= 11 is 7.49. The fourth-order valence-electron chi connectivity index (χ4n) is 2.29. The van der Waals surface area contributed by atoms with Gasteiger partial charge in [-0.3, -0.25) is 4.79 Å². The first kappa shape index (κ1) is 27.4. The SMILES string of the molecule is C/C=C\c1c(C)sc(C(=O)Nc2cc(C(=O)OC)ccc2C(=O)O)c1Cl.CC.CC. The number of methoxy groups -OCH3 is 1. The van der Waals surface area contributed by atoms with E-state index in [1.54, 1.807) is 6.08 Å². The number of thiophene rings is 1. The first-order valence-electron chi connectivity index (χ1n) is 9.48. The lowest BCUT2D eigenvalue weighted by Crippen LogP contribution is -2.15. The quantitative estimate of drug-likeness (QED) is 0.502. The topological polar surface area (TPSA) is 92.7 Å². The molecule has 0 unspecified atom stereocenters. The highest BCUT2D eigenvalue weighted by Gasteiger charge is 2.21. The summed E-state index contributed by atoms with van der Waals surface area (Å²) in [6, 6.07) is 3.81. The van der Waals surface area contributed by atoms with Crippen molar-refractivity contribution < 1.29 is 24.2 Å². The first-order valence-corrected chi connectivity index (χ1v) is 10.7. The number of hydrogen-bond acceptors (Lipinski definition) is 5. The second-order valence-electron chi connectivity index (χ2n) is 5.23. The first-order chi connectivity index (χ1) is 14.3. The molecule has 0 aliphatic rings. The second kappa shape index (κ2) is 13.6. The van der Waals surface area contributed by atoms with Gasteiger partial charge in [0.05, 0.1) is 28.9 Å². The van der Waals surface area contributed by atoms with Crippen LogP contribution in [-0.2, 0) is 4.74 Å². The van der Waals surface area contributed by atoms with Gasteiger partial charge in [-0.15, -0.1) is 11.3 Å². The Labute approximate surface area is 186 Å². The molecule has 2 rings (SSSR count). The normalized spacial score (nSPS) is 9.73. The van der Waals surface area contributed by atoms with E-state index in [2.05, 4.69) is 10.1 Å². The van der Waals surface area contributed by atoms with Crippen LogP contribution in [0.25, 0.3) is 6.08 Å². The standard InChI is InChI=1S/C18H16ClNO5S.2C2H6/c1-4-5-11-9(2)26-15(14(11)19)16(21)20-13-8-10(18(24)25-3)6-7-12(13)17(22)23;2*1-2/h4-8H,1-3H3,(H,20,21)(H,22,23);2*1-2H3/b5-4-;;. The summed E-state index contributed by atoms with van der Waals surface area (Å²) in [5.74, 6) is -2.43. The Bertz CT molecular complexity index is 918. The van der Waals surface area contributed by atoms with Crippen molar-refractivity contribution in [3.63, 3.8) is 0 Å². The van der Waals surface area contributed by atoms with Crippen LogP contribution >= 0.6 is 22.9 Å². The van der Waals surface area contributed by atoms with Gasteiger partial charge in [0.25, 0.3) is 5.91 Å². The fourth-order valence-corrected chi connectivity index (χ4v) is 3.68. The molecule has 0 atom stereocenters. The van der Waals surface area contributed by atoms with Gasteiger partial charge in [-0.2, -0.15) is 0 Å². The highest BCUT2D eigenvalue weighted by molar-refractivity contribution is 7.15. The molecule has 8 heteroatoms. The van der Waals surface area contributed by atoms with Gasteiger partial charge in [0.15, 0.2) is 0 Å². The number of carboxylic acid groups (broad SMARTS) is 1. The second-order valence-corrected chi connectivity index (χ2v) is 6.83. The van der Waals surface area contributed by atoms with Crippen LogP contribution in [0.15, 0.2) is 24.3 Å². The van der Waals surface area contributed by atoms with Crippen molar-refractivity contribution in [2.45, 2.75) is 41.5 Å². The molecule has 0 radical (unpaired) electrons. The molecule has 0 saturated heterocycles. The van der Waals surface area contributed by atoms with Crippen LogP contribution in [0.5, 0.6) is 0 Å². The summed E-state index contributed by atoms with van der Waals surface area (Å²) < 4.78 is 4.62. The van der Waals surface area contributed by atoms with E-state index in [9.17, 15) is 19.5 Å². The molecule has 0 fully saturated rings.